The fraction of sp³-hybridized carbons (Fsp3) is 0.140. The number of hydrogen-bond donors (Lipinski definition) is 4. The van der Waals surface area contributed by atoms with Gasteiger partial charge in [0, 0.05) is 51.2 Å². The topological polar surface area (TPSA) is 211 Å². The first-order valence-electron chi connectivity index (χ1n) is 18.3. The van der Waals surface area contributed by atoms with Gasteiger partial charge < -0.3 is 31.6 Å². The number of aliphatic carboxylic acids is 1. The number of thiazole rings is 1. The number of carbonyl (C=O) groups is 5. The number of carboxylic acids is 1. The summed E-state index contributed by atoms with van der Waals surface area (Å²) in [6.07, 6.45) is 1.86. The number of carboxylic acid groups (broad SMARTS) is 1. The summed E-state index contributed by atoms with van der Waals surface area (Å²) in [4.78, 5) is 79.3. The normalized spacial score (nSPS) is 18.7. The minimum Gasteiger partial charge on any atom is -0.477 e. The van der Waals surface area contributed by atoms with Crippen LogP contribution in [0.3, 0.4) is 0 Å². The van der Waals surface area contributed by atoms with Crippen molar-refractivity contribution in [1.29, 1.82) is 0 Å². The number of nitrogens with two attached hydrogens (primary N) is 2. The van der Waals surface area contributed by atoms with Gasteiger partial charge >= 0.3 is 5.97 Å². The molecule has 14 nitrogen and oxygen atoms in total. The first-order chi connectivity index (χ1) is 28.6. The van der Waals surface area contributed by atoms with Crippen molar-refractivity contribution in [1.82, 2.24) is 15.2 Å². The molecule has 1 aromatic heterocycles. The smallest absolute Gasteiger partial charge is 0.352 e. The maximum atomic E-state index is 14.3. The van der Waals surface area contributed by atoms with Gasteiger partial charge in [0.25, 0.3) is 17.7 Å². The second-order valence-electron chi connectivity index (χ2n) is 13.7. The lowest BCUT2D eigenvalue weighted by atomic mass is 9.80. The van der Waals surface area contributed by atoms with Crippen LogP contribution in [0.15, 0.2) is 149 Å². The summed E-state index contributed by atoms with van der Waals surface area (Å²) in [7, 11) is 0. The third-order valence-corrected chi connectivity index (χ3v) is 12.2. The molecule has 3 aliphatic heterocycles. The van der Waals surface area contributed by atoms with Gasteiger partial charge in [-0.2, -0.15) is 0 Å². The van der Waals surface area contributed by atoms with E-state index in [0.29, 0.717) is 35.4 Å². The molecule has 5 aromatic rings. The number of aromatic nitrogens is 1. The van der Waals surface area contributed by atoms with Crippen molar-refractivity contribution in [3.05, 3.63) is 172 Å². The van der Waals surface area contributed by atoms with E-state index >= 15 is 0 Å². The van der Waals surface area contributed by atoms with E-state index in [2.05, 4.69) is 15.5 Å². The van der Waals surface area contributed by atoms with E-state index in [1.54, 1.807) is 17.5 Å². The van der Waals surface area contributed by atoms with Crippen LogP contribution in [-0.2, 0) is 29.6 Å². The zero-order chi connectivity index (χ0) is 41.3. The lowest BCUT2D eigenvalue weighted by molar-refractivity contribution is -0.150. The van der Waals surface area contributed by atoms with Crippen molar-refractivity contribution < 1.29 is 33.9 Å². The second kappa shape index (κ2) is 16.1. The van der Waals surface area contributed by atoms with Crippen LogP contribution in [0.4, 0.5) is 10.8 Å². The number of anilines is 2. The molecule has 2 atom stereocenters. The van der Waals surface area contributed by atoms with E-state index in [1.165, 1.54) is 34.9 Å². The van der Waals surface area contributed by atoms with Gasteiger partial charge in [-0.05, 0) is 42.3 Å². The molecule has 8 rings (SSSR count). The van der Waals surface area contributed by atoms with Crippen LogP contribution in [0.5, 0.6) is 0 Å². The molecule has 296 valence electrons. The van der Waals surface area contributed by atoms with E-state index in [9.17, 15) is 29.1 Å². The highest BCUT2D eigenvalue weighted by Crippen LogP contribution is 2.43. The fourth-order valence-corrected chi connectivity index (χ4v) is 9.22. The molecule has 4 aromatic carbocycles. The van der Waals surface area contributed by atoms with Crippen LogP contribution in [-0.4, -0.2) is 74.0 Å². The number of hydrogen-bond acceptors (Lipinski definition) is 11. The van der Waals surface area contributed by atoms with Crippen LogP contribution in [0.1, 0.15) is 39.2 Å². The van der Waals surface area contributed by atoms with Gasteiger partial charge in [-0.3, -0.25) is 24.1 Å². The predicted octanol–water partition coefficient (Wildman–Crippen LogP) is 4.64. The number of nitrogens with zero attached hydrogens (tertiary/aromatic N) is 4. The standard InChI is InChI=1S/C43H35N7O7S2/c44-36(51)25-16-18-31(19-17-25)49-21-20-26(38(49)53)22-27-23-58-40-34(39(54)50(40)35(27)41(55)56)47-37(52)33(32-24-59-42(45)46-32)48-57-43(28-10-4-1-5-11-28,29-12-6-2-7-13-29)30-14-8-3-9-15-30/h1-19,22,24,34,40H,20-21,23H2,(H2,44,51)(H2,45,46)(H,47,52)(H,55,56)/b26-22+,48-33-/t34-,40-/m1/s1. The first kappa shape index (κ1) is 38.8. The van der Waals surface area contributed by atoms with Gasteiger partial charge in [0.15, 0.2) is 10.8 Å². The third kappa shape index (κ3) is 7.23. The third-order valence-electron chi connectivity index (χ3n) is 10.2. The van der Waals surface area contributed by atoms with Crippen molar-refractivity contribution in [3.63, 3.8) is 0 Å². The van der Waals surface area contributed by atoms with Gasteiger partial charge in [0.1, 0.15) is 22.8 Å². The summed E-state index contributed by atoms with van der Waals surface area (Å²) in [5.41, 5.74) is 13.3. The quantitative estimate of drug-likeness (QED) is 0.0450. The predicted molar refractivity (Wildman–Crippen MR) is 223 cm³/mol. The lowest BCUT2D eigenvalue weighted by Gasteiger charge is -2.49. The SMILES string of the molecule is NC(=O)c1ccc(N2CC/C(=C\C3=C(C(=O)O)N4C(=O)[C@@H](NC(=O)/C(=N\OC(c5ccccc5)(c5ccccc5)c5ccccc5)c5csc(N)n5)[C@H]4SC3)C2=O)cc1. The number of primary amides is 1. The number of allylic oxidation sites excluding steroid dienone is 1. The Balaban J connectivity index is 1.08. The molecule has 0 aliphatic carbocycles. The van der Waals surface area contributed by atoms with E-state index in [-0.39, 0.29) is 33.9 Å². The zero-order valence-electron chi connectivity index (χ0n) is 31.1. The minimum absolute atomic E-state index is 0.118. The number of thioether (sulfide) groups is 1. The number of amides is 4. The summed E-state index contributed by atoms with van der Waals surface area (Å²) < 4.78 is 0. The Morgan fingerprint density at radius 2 is 1.49 bits per heavy atom. The van der Waals surface area contributed by atoms with E-state index < -0.39 is 40.7 Å². The average molecular weight is 826 g/mol. The molecule has 0 unspecified atom stereocenters. The molecule has 2 saturated heterocycles. The highest BCUT2D eigenvalue weighted by atomic mass is 32.2. The molecule has 2 fully saturated rings. The van der Waals surface area contributed by atoms with Gasteiger partial charge in [-0.25, -0.2) is 9.78 Å². The Hall–Kier alpha value is -7.04. The Bertz CT molecular complexity index is 2460. The van der Waals surface area contributed by atoms with Crippen molar-refractivity contribution in [3.8, 4) is 0 Å². The number of oxime groups is 1. The van der Waals surface area contributed by atoms with Crippen molar-refractivity contribution >= 4 is 69.2 Å². The molecule has 4 amide bonds. The molecule has 3 aliphatic rings. The van der Waals surface area contributed by atoms with Crippen molar-refractivity contribution in [2.24, 2.45) is 10.9 Å². The molecule has 4 heterocycles. The number of fused-ring (bicyclic) bond motifs is 1. The van der Waals surface area contributed by atoms with Gasteiger partial charge in [-0.1, -0.05) is 96.2 Å². The first-order valence-corrected chi connectivity index (χ1v) is 20.3. The van der Waals surface area contributed by atoms with Crippen LogP contribution in [0, 0.1) is 0 Å². The number of benzene rings is 4. The summed E-state index contributed by atoms with van der Waals surface area (Å²) in [6.45, 7) is 0.337. The van der Waals surface area contributed by atoms with Crippen molar-refractivity contribution in [2.75, 3.05) is 22.9 Å². The number of nitrogens with one attached hydrogen (secondary N) is 1. The molecule has 0 spiro atoms. The Morgan fingerprint density at radius 3 is 2.02 bits per heavy atom. The van der Waals surface area contributed by atoms with Crippen molar-refractivity contribution in [2.45, 2.75) is 23.4 Å². The fourth-order valence-electron chi connectivity index (χ4n) is 7.37. The van der Waals surface area contributed by atoms with Crippen LogP contribution < -0.4 is 21.7 Å². The van der Waals surface area contributed by atoms with E-state index in [1.807, 2.05) is 91.0 Å². The number of rotatable bonds is 12. The maximum Gasteiger partial charge on any atom is 0.352 e. The largest absolute Gasteiger partial charge is 0.477 e. The Kier molecular flexibility index (Phi) is 10.6. The molecular formula is C43H35N7O7S2. The highest BCUT2D eigenvalue weighted by molar-refractivity contribution is 8.00. The van der Waals surface area contributed by atoms with Gasteiger partial charge in [-0.15, -0.1) is 23.1 Å². The monoisotopic (exact) mass is 825 g/mol. The number of β-lactam (4-membered cyclic amide) rings is 1. The Labute approximate surface area is 345 Å². The van der Waals surface area contributed by atoms with E-state index in [4.69, 9.17) is 16.3 Å². The lowest BCUT2D eigenvalue weighted by Crippen LogP contribution is -2.71. The molecule has 0 radical (unpaired) electrons. The van der Waals surface area contributed by atoms with Gasteiger partial charge in [0.2, 0.25) is 11.5 Å². The highest BCUT2D eigenvalue weighted by Gasteiger charge is 2.54. The zero-order valence-corrected chi connectivity index (χ0v) is 32.7. The summed E-state index contributed by atoms with van der Waals surface area (Å²) in [5, 5.41) is 18.6. The maximum absolute atomic E-state index is 14.3. The van der Waals surface area contributed by atoms with Crippen LogP contribution in [0.2, 0.25) is 0 Å². The molecule has 0 saturated carbocycles. The minimum atomic E-state index is -1.35. The average Bonchev–Trinajstić information content (AvgIpc) is 3.86. The second-order valence-corrected chi connectivity index (χ2v) is 15.7. The van der Waals surface area contributed by atoms with Crippen LogP contribution >= 0.6 is 23.1 Å². The number of nitrogen functional groups attached to an aromatic ring is 1. The van der Waals surface area contributed by atoms with Gasteiger partial charge in [0.05, 0.1) is 0 Å². The van der Waals surface area contributed by atoms with E-state index in [0.717, 1.165) is 32.9 Å². The molecular weight excluding hydrogens is 791 g/mol. The summed E-state index contributed by atoms with van der Waals surface area (Å²) >= 11 is 2.35. The molecule has 6 N–H and O–H groups in total. The van der Waals surface area contributed by atoms with Crippen LogP contribution in [0.25, 0.3) is 0 Å². The Morgan fingerprint density at radius 1 is 0.898 bits per heavy atom. The summed E-state index contributed by atoms with van der Waals surface area (Å²) in [5.74, 6) is -3.55. The number of carbonyl (C=O) groups excluding carboxylic acids is 4. The molecule has 0 bridgehead atoms. The molecule has 59 heavy (non-hydrogen) atoms. The summed E-state index contributed by atoms with van der Waals surface area (Å²) in [6, 6.07) is 33.5. The molecule has 16 heteroatoms.